The van der Waals surface area contributed by atoms with Crippen molar-refractivity contribution < 1.29 is 0 Å². The molecule has 1 unspecified atom stereocenters. The number of rotatable bonds is 5. The summed E-state index contributed by atoms with van der Waals surface area (Å²) in [6.07, 6.45) is 4.06. The van der Waals surface area contributed by atoms with E-state index in [0.29, 0.717) is 17.9 Å². The lowest BCUT2D eigenvalue weighted by atomic mass is 10.1. The summed E-state index contributed by atoms with van der Waals surface area (Å²) in [5, 5.41) is 3.27. The minimum absolute atomic E-state index is 0.379. The van der Waals surface area contributed by atoms with Gasteiger partial charge < -0.3 is 16.0 Å². The number of nitrogens with zero attached hydrogens (tertiary/aromatic N) is 2. The predicted molar refractivity (Wildman–Crippen MR) is 74.2 cm³/mol. The van der Waals surface area contributed by atoms with Gasteiger partial charge in [-0.05, 0) is 38.8 Å². The van der Waals surface area contributed by atoms with Crippen LogP contribution in [0.1, 0.15) is 40.0 Å². The Morgan fingerprint density at radius 1 is 1.24 bits per heavy atom. The third-order valence-electron chi connectivity index (χ3n) is 3.00. The molecule has 0 radical (unpaired) electrons. The SMILES string of the molecule is CC(C)CN=C(N)NC(C)CN1CCCCC1. The van der Waals surface area contributed by atoms with E-state index in [1.807, 2.05) is 0 Å². The van der Waals surface area contributed by atoms with Crippen molar-refractivity contribution in [3.8, 4) is 0 Å². The van der Waals surface area contributed by atoms with Gasteiger partial charge in [-0.1, -0.05) is 20.3 Å². The Labute approximate surface area is 106 Å². The van der Waals surface area contributed by atoms with Crippen LogP contribution in [0.5, 0.6) is 0 Å². The van der Waals surface area contributed by atoms with Crippen LogP contribution in [0.2, 0.25) is 0 Å². The molecule has 100 valence electrons. The van der Waals surface area contributed by atoms with Crippen molar-refractivity contribution in [2.75, 3.05) is 26.2 Å². The summed E-state index contributed by atoms with van der Waals surface area (Å²) in [6, 6.07) is 0.379. The number of aliphatic imine (C=N–C) groups is 1. The van der Waals surface area contributed by atoms with E-state index in [9.17, 15) is 0 Å². The standard InChI is InChI=1S/C13H28N4/c1-11(2)9-15-13(14)16-12(3)10-17-7-5-4-6-8-17/h11-12H,4-10H2,1-3H3,(H3,14,15,16). The van der Waals surface area contributed by atoms with Crippen LogP contribution < -0.4 is 11.1 Å². The molecule has 0 saturated carbocycles. The summed E-state index contributed by atoms with van der Waals surface area (Å²) >= 11 is 0. The predicted octanol–water partition coefficient (Wildman–Crippen LogP) is 1.42. The van der Waals surface area contributed by atoms with E-state index in [1.165, 1.54) is 32.4 Å². The van der Waals surface area contributed by atoms with E-state index in [4.69, 9.17) is 5.73 Å². The molecule has 1 fully saturated rings. The van der Waals surface area contributed by atoms with Crippen molar-refractivity contribution in [2.45, 2.75) is 46.1 Å². The lowest BCUT2D eigenvalue weighted by Gasteiger charge is -2.29. The number of piperidine rings is 1. The molecule has 0 aliphatic carbocycles. The molecule has 0 bridgehead atoms. The first-order valence-electron chi connectivity index (χ1n) is 6.86. The van der Waals surface area contributed by atoms with Gasteiger partial charge in [0.05, 0.1) is 0 Å². The second-order valence-electron chi connectivity index (χ2n) is 5.53. The Morgan fingerprint density at radius 2 is 1.88 bits per heavy atom. The first-order valence-corrected chi connectivity index (χ1v) is 6.86. The van der Waals surface area contributed by atoms with Crippen LogP contribution in [0.25, 0.3) is 0 Å². The van der Waals surface area contributed by atoms with Crippen molar-refractivity contribution in [1.82, 2.24) is 10.2 Å². The molecule has 1 heterocycles. The van der Waals surface area contributed by atoms with Gasteiger partial charge in [0.1, 0.15) is 0 Å². The molecule has 17 heavy (non-hydrogen) atoms. The maximum absolute atomic E-state index is 5.85. The van der Waals surface area contributed by atoms with Gasteiger partial charge in [-0.15, -0.1) is 0 Å². The topological polar surface area (TPSA) is 53.6 Å². The van der Waals surface area contributed by atoms with Crippen LogP contribution in [0.3, 0.4) is 0 Å². The average molecular weight is 240 g/mol. The fourth-order valence-electron chi connectivity index (χ4n) is 2.15. The number of guanidine groups is 1. The quantitative estimate of drug-likeness (QED) is 0.564. The maximum Gasteiger partial charge on any atom is 0.188 e. The van der Waals surface area contributed by atoms with Gasteiger partial charge >= 0.3 is 0 Å². The molecule has 0 aromatic carbocycles. The van der Waals surface area contributed by atoms with Crippen LogP contribution in [0.4, 0.5) is 0 Å². The van der Waals surface area contributed by atoms with Crippen molar-refractivity contribution in [1.29, 1.82) is 0 Å². The van der Waals surface area contributed by atoms with Crippen LogP contribution in [-0.4, -0.2) is 43.1 Å². The van der Waals surface area contributed by atoms with Crippen molar-refractivity contribution in [3.63, 3.8) is 0 Å². The molecule has 0 spiro atoms. The number of nitrogens with one attached hydrogen (secondary N) is 1. The molecule has 0 aromatic heterocycles. The van der Waals surface area contributed by atoms with E-state index < -0.39 is 0 Å². The van der Waals surface area contributed by atoms with E-state index in [1.54, 1.807) is 0 Å². The highest BCUT2D eigenvalue weighted by molar-refractivity contribution is 5.78. The van der Waals surface area contributed by atoms with Crippen molar-refractivity contribution in [3.05, 3.63) is 0 Å². The summed E-state index contributed by atoms with van der Waals surface area (Å²) in [4.78, 5) is 6.83. The van der Waals surface area contributed by atoms with Gasteiger partial charge in [-0.2, -0.15) is 0 Å². The van der Waals surface area contributed by atoms with Gasteiger partial charge in [0.15, 0.2) is 5.96 Å². The lowest BCUT2D eigenvalue weighted by molar-refractivity contribution is 0.215. The smallest absolute Gasteiger partial charge is 0.188 e. The van der Waals surface area contributed by atoms with Crippen molar-refractivity contribution in [2.24, 2.45) is 16.6 Å². The molecule has 1 saturated heterocycles. The number of hydrogen-bond donors (Lipinski definition) is 2. The number of hydrogen-bond acceptors (Lipinski definition) is 2. The minimum Gasteiger partial charge on any atom is -0.370 e. The molecule has 0 amide bonds. The molecule has 1 atom stereocenters. The Bertz CT molecular complexity index is 232. The molecule has 1 aliphatic rings. The normalized spacial score (nSPS) is 20.6. The second kappa shape index (κ2) is 7.54. The minimum atomic E-state index is 0.379. The van der Waals surface area contributed by atoms with Crippen LogP contribution in [0, 0.1) is 5.92 Å². The Kier molecular flexibility index (Phi) is 6.34. The first-order chi connectivity index (χ1) is 8.08. The van der Waals surface area contributed by atoms with E-state index in [2.05, 4.69) is 36.0 Å². The molecule has 1 aliphatic heterocycles. The molecular formula is C13H28N4. The third-order valence-corrected chi connectivity index (χ3v) is 3.00. The Balaban J connectivity index is 2.23. The monoisotopic (exact) mass is 240 g/mol. The third kappa shape index (κ3) is 6.51. The Morgan fingerprint density at radius 3 is 2.47 bits per heavy atom. The Hall–Kier alpha value is -0.770. The van der Waals surface area contributed by atoms with Crippen molar-refractivity contribution >= 4 is 5.96 Å². The molecule has 0 aromatic rings. The summed E-state index contributed by atoms with van der Waals surface area (Å²) < 4.78 is 0. The molecule has 1 rings (SSSR count). The highest BCUT2D eigenvalue weighted by Crippen LogP contribution is 2.08. The number of nitrogens with two attached hydrogens (primary N) is 1. The largest absolute Gasteiger partial charge is 0.370 e. The second-order valence-corrected chi connectivity index (χ2v) is 5.53. The molecule has 4 heteroatoms. The summed E-state index contributed by atoms with van der Waals surface area (Å²) in [7, 11) is 0. The van der Waals surface area contributed by atoms with Gasteiger partial charge in [0.2, 0.25) is 0 Å². The van der Waals surface area contributed by atoms with Crippen LogP contribution >= 0.6 is 0 Å². The molecule has 4 nitrogen and oxygen atoms in total. The van der Waals surface area contributed by atoms with E-state index >= 15 is 0 Å². The summed E-state index contributed by atoms with van der Waals surface area (Å²) in [5.74, 6) is 1.15. The van der Waals surface area contributed by atoms with Gasteiger partial charge in [0.25, 0.3) is 0 Å². The number of likely N-dealkylation sites (tertiary alicyclic amines) is 1. The van der Waals surface area contributed by atoms with Gasteiger partial charge in [-0.25, -0.2) is 0 Å². The van der Waals surface area contributed by atoms with Crippen LogP contribution in [0.15, 0.2) is 4.99 Å². The first kappa shape index (κ1) is 14.3. The highest BCUT2D eigenvalue weighted by Gasteiger charge is 2.13. The lowest BCUT2D eigenvalue weighted by Crippen LogP contribution is -2.46. The van der Waals surface area contributed by atoms with E-state index in [-0.39, 0.29) is 0 Å². The maximum atomic E-state index is 5.85. The molecule has 3 N–H and O–H groups in total. The summed E-state index contributed by atoms with van der Waals surface area (Å²) in [5.41, 5.74) is 5.85. The summed E-state index contributed by atoms with van der Waals surface area (Å²) in [6.45, 7) is 10.8. The fourth-order valence-corrected chi connectivity index (χ4v) is 2.15. The fraction of sp³-hybridized carbons (Fsp3) is 0.923. The zero-order chi connectivity index (χ0) is 12.7. The van der Waals surface area contributed by atoms with Gasteiger partial charge in [0, 0.05) is 19.1 Å². The van der Waals surface area contributed by atoms with E-state index in [0.717, 1.165) is 13.1 Å². The average Bonchev–Trinajstić information content (AvgIpc) is 2.27. The zero-order valence-electron chi connectivity index (χ0n) is 11.6. The van der Waals surface area contributed by atoms with Crippen LogP contribution in [-0.2, 0) is 0 Å². The van der Waals surface area contributed by atoms with Gasteiger partial charge in [-0.3, -0.25) is 4.99 Å². The molecular weight excluding hydrogens is 212 g/mol. The zero-order valence-corrected chi connectivity index (χ0v) is 11.6. The highest BCUT2D eigenvalue weighted by atomic mass is 15.2.